The number of benzene rings is 1. The number of halogens is 2. The van der Waals surface area contributed by atoms with Crippen molar-refractivity contribution in [3.63, 3.8) is 0 Å². The Labute approximate surface area is 177 Å². The molecule has 0 spiro atoms. The van der Waals surface area contributed by atoms with Crippen LogP contribution in [0.2, 0.25) is 0 Å². The first-order chi connectivity index (χ1) is 14.0. The summed E-state index contributed by atoms with van der Waals surface area (Å²) in [4.78, 5) is 27.7. The van der Waals surface area contributed by atoms with Crippen molar-refractivity contribution in [2.45, 2.75) is 6.54 Å². The van der Waals surface area contributed by atoms with Gasteiger partial charge in [-0.05, 0) is 46.9 Å². The third-order valence-corrected chi connectivity index (χ3v) is 4.04. The molecule has 29 heavy (non-hydrogen) atoms. The molecule has 0 aliphatic rings. The van der Waals surface area contributed by atoms with E-state index in [1.807, 2.05) is 0 Å². The van der Waals surface area contributed by atoms with Crippen LogP contribution in [0.1, 0.15) is 16.5 Å². The average Bonchev–Trinajstić information content (AvgIpc) is 3.34. The standard InChI is InChI=1S/C17H16FIN6O4/c18-11-1-3-13(4-2-11)28-10-15(26)20-5-6-21-16(27)17-23-14(24-29-17)9-25-8-12(19)7-22-25/h1-4,7-8H,5-6,9-10H2,(H,20,26)(H,21,27). The molecule has 0 aliphatic carbocycles. The van der Waals surface area contributed by atoms with Gasteiger partial charge in [0.05, 0.1) is 9.77 Å². The first-order valence-corrected chi connectivity index (χ1v) is 9.51. The highest BCUT2D eigenvalue weighted by atomic mass is 127. The van der Waals surface area contributed by atoms with Crippen LogP contribution in [0.3, 0.4) is 0 Å². The predicted octanol–water partition coefficient (Wildman–Crippen LogP) is 0.983. The van der Waals surface area contributed by atoms with Crippen molar-refractivity contribution < 1.29 is 23.2 Å². The van der Waals surface area contributed by atoms with E-state index >= 15 is 0 Å². The molecule has 1 aromatic carbocycles. The summed E-state index contributed by atoms with van der Waals surface area (Å²) in [6.45, 7) is 0.406. The Bertz CT molecular complexity index is 974. The van der Waals surface area contributed by atoms with E-state index < -0.39 is 5.91 Å². The molecule has 0 fully saturated rings. The molecule has 2 heterocycles. The molecule has 0 saturated carbocycles. The number of nitrogens with zero attached hydrogens (tertiary/aromatic N) is 4. The topological polar surface area (TPSA) is 124 Å². The summed E-state index contributed by atoms with van der Waals surface area (Å²) in [6.07, 6.45) is 3.49. The van der Waals surface area contributed by atoms with Gasteiger partial charge < -0.3 is 19.9 Å². The van der Waals surface area contributed by atoms with Gasteiger partial charge in [0.15, 0.2) is 12.4 Å². The number of hydrogen-bond acceptors (Lipinski definition) is 7. The third-order valence-electron chi connectivity index (χ3n) is 3.48. The maximum atomic E-state index is 12.8. The van der Waals surface area contributed by atoms with Gasteiger partial charge in [-0.1, -0.05) is 5.16 Å². The lowest BCUT2D eigenvalue weighted by molar-refractivity contribution is -0.123. The molecule has 2 N–H and O–H groups in total. The molecule has 0 saturated heterocycles. The van der Waals surface area contributed by atoms with Gasteiger partial charge in [-0.2, -0.15) is 10.1 Å². The highest BCUT2D eigenvalue weighted by Gasteiger charge is 2.15. The fourth-order valence-corrected chi connectivity index (χ4v) is 2.61. The van der Waals surface area contributed by atoms with Gasteiger partial charge in [-0.15, -0.1) is 0 Å². The first-order valence-electron chi connectivity index (χ1n) is 8.43. The Kier molecular flexibility index (Phi) is 7.10. The van der Waals surface area contributed by atoms with E-state index in [2.05, 4.69) is 48.5 Å². The number of carbonyl (C=O) groups excluding carboxylic acids is 2. The molecule has 3 aromatic rings. The van der Waals surface area contributed by atoms with Crippen molar-refractivity contribution in [1.29, 1.82) is 0 Å². The van der Waals surface area contributed by atoms with E-state index in [-0.39, 0.29) is 43.9 Å². The molecule has 0 radical (unpaired) electrons. The van der Waals surface area contributed by atoms with Crippen molar-refractivity contribution in [2.75, 3.05) is 19.7 Å². The zero-order valence-corrected chi connectivity index (χ0v) is 17.1. The molecule has 0 bridgehead atoms. The summed E-state index contributed by atoms with van der Waals surface area (Å²) < 4.78 is 25.5. The Morgan fingerprint density at radius 2 is 1.97 bits per heavy atom. The summed E-state index contributed by atoms with van der Waals surface area (Å²) in [5, 5.41) is 13.0. The third kappa shape index (κ3) is 6.51. The van der Waals surface area contributed by atoms with Gasteiger partial charge in [0.25, 0.3) is 5.91 Å². The number of nitrogens with one attached hydrogen (secondary N) is 2. The highest BCUT2D eigenvalue weighted by Crippen LogP contribution is 2.10. The molecule has 2 aromatic heterocycles. The Morgan fingerprint density at radius 3 is 2.69 bits per heavy atom. The van der Waals surface area contributed by atoms with Crippen LogP contribution < -0.4 is 15.4 Å². The fraction of sp³-hybridized carbons (Fsp3) is 0.235. The molecule has 0 aliphatic heterocycles. The zero-order valence-electron chi connectivity index (χ0n) is 15.0. The van der Waals surface area contributed by atoms with Gasteiger partial charge in [-0.3, -0.25) is 14.3 Å². The van der Waals surface area contributed by atoms with Crippen LogP contribution in [0.4, 0.5) is 4.39 Å². The number of hydrogen-bond donors (Lipinski definition) is 2. The molecule has 12 heteroatoms. The predicted molar refractivity (Wildman–Crippen MR) is 106 cm³/mol. The number of carbonyl (C=O) groups is 2. The first kappa shape index (κ1) is 20.7. The van der Waals surface area contributed by atoms with Crippen LogP contribution in [0.25, 0.3) is 0 Å². The summed E-state index contributed by atoms with van der Waals surface area (Å²) in [5.41, 5.74) is 0. The lowest BCUT2D eigenvalue weighted by Gasteiger charge is -2.07. The normalized spacial score (nSPS) is 10.6. The highest BCUT2D eigenvalue weighted by molar-refractivity contribution is 14.1. The summed E-state index contributed by atoms with van der Waals surface area (Å²) in [5.74, 6) is -0.782. The number of ether oxygens (including phenoxy) is 1. The van der Waals surface area contributed by atoms with Crippen LogP contribution in [-0.4, -0.2) is 51.4 Å². The second kappa shape index (κ2) is 9.95. The maximum absolute atomic E-state index is 12.8. The van der Waals surface area contributed by atoms with Crippen LogP contribution in [-0.2, 0) is 11.3 Å². The molecule has 2 amide bonds. The van der Waals surface area contributed by atoms with Gasteiger partial charge in [-0.25, -0.2) is 4.39 Å². The number of amides is 2. The van der Waals surface area contributed by atoms with E-state index in [0.717, 1.165) is 3.57 Å². The van der Waals surface area contributed by atoms with Crippen molar-refractivity contribution >= 4 is 34.4 Å². The van der Waals surface area contributed by atoms with E-state index in [1.54, 1.807) is 17.1 Å². The van der Waals surface area contributed by atoms with Crippen molar-refractivity contribution in [2.24, 2.45) is 0 Å². The lowest BCUT2D eigenvalue weighted by Crippen LogP contribution is -2.36. The molecule has 0 unspecified atom stereocenters. The van der Waals surface area contributed by atoms with Crippen LogP contribution >= 0.6 is 22.6 Å². The van der Waals surface area contributed by atoms with Crippen molar-refractivity contribution in [3.8, 4) is 5.75 Å². The SMILES string of the molecule is O=C(COc1ccc(F)cc1)NCCNC(=O)c1nc(Cn2cc(I)cn2)no1. The maximum Gasteiger partial charge on any atom is 0.316 e. The minimum atomic E-state index is -0.546. The van der Waals surface area contributed by atoms with Gasteiger partial charge in [0.1, 0.15) is 18.1 Å². The van der Waals surface area contributed by atoms with E-state index in [4.69, 9.17) is 9.26 Å². The minimum absolute atomic E-state index is 0.163. The van der Waals surface area contributed by atoms with Crippen LogP contribution in [0.5, 0.6) is 5.75 Å². The Hall–Kier alpha value is -3.03. The van der Waals surface area contributed by atoms with Gasteiger partial charge >= 0.3 is 11.8 Å². The summed E-state index contributed by atoms with van der Waals surface area (Å²) >= 11 is 2.13. The number of rotatable bonds is 9. The Balaban J connectivity index is 1.34. The average molecular weight is 514 g/mol. The lowest BCUT2D eigenvalue weighted by atomic mass is 10.3. The van der Waals surface area contributed by atoms with Crippen LogP contribution in [0, 0.1) is 9.39 Å². The molecular formula is C17H16FIN6O4. The van der Waals surface area contributed by atoms with Gasteiger partial charge in [0, 0.05) is 19.3 Å². The van der Waals surface area contributed by atoms with E-state index in [9.17, 15) is 14.0 Å². The molecule has 3 rings (SSSR count). The monoisotopic (exact) mass is 514 g/mol. The molecular weight excluding hydrogens is 498 g/mol. The largest absolute Gasteiger partial charge is 0.484 e. The summed E-state index contributed by atoms with van der Waals surface area (Å²) in [6, 6.07) is 5.33. The zero-order chi connectivity index (χ0) is 20.6. The molecule has 152 valence electrons. The van der Waals surface area contributed by atoms with Crippen molar-refractivity contribution in [1.82, 2.24) is 30.6 Å². The van der Waals surface area contributed by atoms with Crippen molar-refractivity contribution in [3.05, 3.63) is 57.8 Å². The molecule has 10 nitrogen and oxygen atoms in total. The summed E-state index contributed by atoms with van der Waals surface area (Å²) in [7, 11) is 0. The number of aromatic nitrogens is 4. The molecule has 0 atom stereocenters. The van der Waals surface area contributed by atoms with E-state index in [0.29, 0.717) is 11.6 Å². The minimum Gasteiger partial charge on any atom is -0.484 e. The quantitative estimate of drug-likeness (QED) is 0.323. The van der Waals surface area contributed by atoms with E-state index in [1.165, 1.54) is 24.3 Å². The second-order valence-corrected chi connectivity index (χ2v) is 6.97. The smallest absolute Gasteiger partial charge is 0.316 e. The van der Waals surface area contributed by atoms with Gasteiger partial charge in [0.2, 0.25) is 0 Å². The van der Waals surface area contributed by atoms with Crippen LogP contribution in [0.15, 0.2) is 41.2 Å². The fourth-order valence-electron chi connectivity index (χ4n) is 2.16. The Morgan fingerprint density at radius 1 is 1.21 bits per heavy atom. The second-order valence-electron chi connectivity index (χ2n) is 5.72.